The van der Waals surface area contributed by atoms with Crippen molar-refractivity contribution in [1.82, 2.24) is 0 Å². The van der Waals surface area contributed by atoms with Gasteiger partial charge in [-0.05, 0) is 36.1 Å². The molecule has 0 unspecified atom stereocenters. The molecule has 1 heteroatoms. The molecule has 0 N–H and O–H groups in total. The lowest BCUT2D eigenvalue weighted by Gasteiger charge is -2.11. The second kappa shape index (κ2) is 7.14. The molecule has 0 radical (unpaired) electrons. The number of hydrogen-bond acceptors (Lipinski definition) is 1. The maximum absolute atomic E-state index is 4.73. The number of rotatable bonds is 4. The van der Waals surface area contributed by atoms with E-state index < -0.39 is 0 Å². The minimum atomic E-state index is 0.965. The molecule has 0 aromatic heterocycles. The van der Waals surface area contributed by atoms with Crippen molar-refractivity contribution in [3.63, 3.8) is 0 Å². The van der Waals surface area contributed by atoms with Crippen molar-refractivity contribution in [1.29, 1.82) is 0 Å². The zero-order chi connectivity index (χ0) is 15.2. The Labute approximate surface area is 132 Å². The largest absolute Gasteiger partial charge is 0.142 e. The van der Waals surface area contributed by atoms with Gasteiger partial charge in [0, 0.05) is 4.90 Å². The number of hydrogen-bond donors (Lipinski definition) is 1. The molecule has 0 nitrogen and oxygen atoms in total. The van der Waals surface area contributed by atoms with Gasteiger partial charge in [0.25, 0.3) is 0 Å². The Balaban J connectivity index is 2.43. The van der Waals surface area contributed by atoms with Gasteiger partial charge < -0.3 is 0 Å². The van der Waals surface area contributed by atoms with Gasteiger partial charge in [-0.1, -0.05) is 78.9 Å². The Morgan fingerprint density at radius 2 is 1.86 bits per heavy atom. The minimum Gasteiger partial charge on any atom is -0.142 e. The van der Waals surface area contributed by atoms with E-state index in [4.69, 9.17) is 12.6 Å². The first-order valence-electron chi connectivity index (χ1n) is 7.01. The monoisotopic (exact) mass is 292 g/mol. The molecule has 0 atom stereocenters. The van der Waals surface area contributed by atoms with Crippen LogP contribution in [0.2, 0.25) is 0 Å². The van der Waals surface area contributed by atoms with Crippen LogP contribution in [0.5, 0.6) is 0 Å². The first kappa shape index (κ1) is 15.4. The maximum atomic E-state index is 4.73. The van der Waals surface area contributed by atoms with E-state index >= 15 is 0 Å². The lowest BCUT2D eigenvalue weighted by molar-refractivity contribution is 1.39. The van der Waals surface area contributed by atoms with Crippen molar-refractivity contribution in [2.45, 2.75) is 18.7 Å². The van der Waals surface area contributed by atoms with Gasteiger partial charge in [-0.25, -0.2) is 0 Å². The first-order valence-corrected chi connectivity index (χ1v) is 7.46. The second-order valence-corrected chi connectivity index (χ2v) is 5.43. The van der Waals surface area contributed by atoms with Crippen LogP contribution in [0.25, 0.3) is 16.7 Å². The average Bonchev–Trinajstić information content (AvgIpc) is 2.47. The molecular formula is C20H20S. The highest BCUT2D eigenvalue weighted by molar-refractivity contribution is 7.80. The Hall–Kier alpha value is -1.99. The molecular weight excluding hydrogens is 272 g/mol. The lowest BCUT2D eigenvalue weighted by atomic mass is 9.98. The zero-order valence-electron chi connectivity index (χ0n) is 12.5. The van der Waals surface area contributed by atoms with E-state index in [1.807, 2.05) is 31.2 Å². The summed E-state index contributed by atoms with van der Waals surface area (Å²) in [6.07, 6.45) is 7.99. The number of aryl methyl sites for hydroxylation is 1. The van der Waals surface area contributed by atoms with Gasteiger partial charge in [-0.2, -0.15) is 0 Å². The maximum Gasteiger partial charge on any atom is 0.0197 e. The van der Waals surface area contributed by atoms with Gasteiger partial charge in [0.05, 0.1) is 0 Å². The molecule has 2 aromatic rings. The molecule has 0 saturated carbocycles. The third-order valence-electron chi connectivity index (χ3n) is 3.31. The fourth-order valence-corrected chi connectivity index (χ4v) is 2.64. The van der Waals surface area contributed by atoms with Crippen LogP contribution in [-0.2, 0) is 0 Å². The Morgan fingerprint density at radius 1 is 1.10 bits per heavy atom. The summed E-state index contributed by atoms with van der Waals surface area (Å²) in [5.74, 6) is 0. The van der Waals surface area contributed by atoms with Crippen LogP contribution in [-0.4, -0.2) is 0 Å². The molecule has 0 aliphatic heterocycles. The van der Waals surface area contributed by atoms with Crippen LogP contribution < -0.4 is 0 Å². The van der Waals surface area contributed by atoms with Crippen molar-refractivity contribution >= 4 is 18.2 Å². The summed E-state index contributed by atoms with van der Waals surface area (Å²) in [6, 6.07) is 14.7. The van der Waals surface area contributed by atoms with Crippen molar-refractivity contribution in [2.24, 2.45) is 0 Å². The quantitative estimate of drug-likeness (QED) is 0.511. The smallest absolute Gasteiger partial charge is 0.0197 e. The molecule has 0 amide bonds. The molecule has 0 heterocycles. The molecule has 106 valence electrons. The molecule has 0 aliphatic carbocycles. The predicted octanol–water partition coefficient (Wildman–Crippen LogP) is 6.10. The van der Waals surface area contributed by atoms with Crippen molar-refractivity contribution < 1.29 is 0 Å². The number of benzene rings is 2. The Bertz CT molecular complexity index is 706. The van der Waals surface area contributed by atoms with Gasteiger partial charge in [0.2, 0.25) is 0 Å². The molecule has 2 aromatic carbocycles. The summed E-state index contributed by atoms with van der Waals surface area (Å²) in [6.45, 7) is 8.24. The van der Waals surface area contributed by atoms with E-state index in [1.165, 1.54) is 11.1 Å². The topological polar surface area (TPSA) is 0 Å². The lowest BCUT2D eigenvalue weighted by Crippen LogP contribution is -1.88. The minimum absolute atomic E-state index is 0.965. The highest BCUT2D eigenvalue weighted by Gasteiger charge is 2.08. The summed E-state index contributed by atoms with van der Waals surface area (Å²) >= 11 is 4.73. The summed E-state index contributed by atoms with van der Waals surface area (Å²) in [5, 5.41) is 0. The van der Waals surface area contributed by atoms with Gasteiger partial charge in [-0.15, -0.1) is 12.6 Å². The summed E-state index contributed by atoms with van der Waals surface area (Å²) in [5.41, 5.74) is 5.61. The van der Waals surface area contributed by atoms with Gasteiger partial charge >= 0.3 is 0 Å². The van der Waals surface area contributed by atoms with Gasteiger partial charge in [-0.3, -0.25) is 0 Å². The predicted molar refractivity (Wildman–Crippen MR) is 96.9 cm³/mol. The third kappa shape index (κ3) is 3.77. The summed E-state index contributed by atoms with van der Waals surface area (Å²) in [7, 11) is 0. The van der Waals surface area contributed by atoms with E-state index in [-0.39, 0.29) is 0 Å². The highest BCUT2D eigenvalue weighted by atomic mass is 32.1. The van der Waals surface area contributed by atoms with Gasteiger partial charge in [0.1, 0.15) is 0 Å². The molecule has 2 rings (SSSR count). The molecule has 0 aliphatic rings. The number of thiol groups is 1. The fourth-order valence-electron chi connectivity index (χ4n) is 2.22. The average molecular weight is 292 g/mol. The van der Waals surface area contributed by atoms with Crippen LogP contribution in [0.1, 0.15) is 18.1 Å². The van der Waals surface area contributed by atoms with Gasteiger partial charge in [0.15, 0.2) is 0 Å². The Morgan fingerprint density at radius 3 is 2.57 bits per heavy atom. The highest BCUT2D eigenvalue weighted by Crippen LogP contribution is 2.33. The van der Waals surface area contributed by atoms with Crippen LogP contribution in [0, 0.1) is 6.92 Å². The fraction of sp³-hybridized carbons (Fsp3) is 0.100. The van der Waals surface area contributed by atoms with E-state index in [1.54, 1.807) is 0 Å². The van der Waals surface area contributed by atoms with E-state index in [0.29, 0.717) is 0 Å². The molecule has 0 spiro atoms. The van der Waals surface area contributed by atoms with Crippen molar-refractivity contribution in [2.75, 3.05) is 0 Å². The molecule has 0 fully saturated rings. The van der Waals surface area contributed by atoms with E-state index in [9.17, 15) is 0 Å². The van der Waals surface area contributed by atoms with E-state index in [0.717, 1.165) is 21.6 Å². The van der Waals surface area contributed by atoms with Crippen LogP contribution >= 0.6 is 12.6 Å². The second-order valence-electron chi connectivity index (χ2n) is 4.98. The number of allylic oxidation sites excluding steroid dienone is 5. The van der Waals surface area contributed by atoms with Crippen LogP contribution in [0.15, 0.2) is 78.2 Å². The summed E-state index contributed by atoms with van der Waals surface area (Å²) < 4.78 is 0. The molecule has 0 saturated heterocycles. The normalized spacial score (nSPS) is 11.4. The first-order chi connectivity index (χ1) is 10.1. The van der Waals surface area contributed by atoms with Crippen molar-refractivity contribution in [3.05, 3.63) is 84.5 Å². The molecule has 0 bridgehead atoms. The molecule has 21 heavy (non-hydrogen) atoms. The third-order valence-corrected chi connectivity index (χ3v) is 3.79. The van der Waals surface area contributed by atoms with Crippen LogP contribution in [0.3, 0.4) is 0 Å². The Kier molecular flexibility index (Phi) is 5.24. The standard InChI is InChI=1S/C20H20S/c1-4-5-6-10-16(3)18-12-8-13-19(20(18)21)17-11-7-9-15(2)14-17/h4-14,21H,3H2,1-2H3/b5-4-,10-6-. The van der Waals surface area contributed by atoms with E-state index in [2.05, 4.69) is 56.0 Å². The SMILES string of the molecule is C=C(/C=C\C=C/C)c1cccc(-c2cccc(C)c2)c1S. The summed E-state index contributed by atoms with van der Waals surface area (Å²) in [4.78, 5) is 0.971. The van der Waals surface area contributed by atoms with Crippen LogP contribution in [0.4, 0.5) is 0 Å². The van der Waals surface area contributed by atoms with Crippen molar-refractivity contribution in [3.8, 4) is 11.1 Å². The zero-order valence-corrected chi connectivity index (χ0v) is 13.4.